The maximum Gasteiger partial charge on any atom is 0.259 e. The zero-order valence-electron chi connectivity index (χ0n) is 14.7. The number of halogens is 3. The van der Waals surface area contributed by atoms with Crippen molar-refractivity contribution in [3.8, 4) is 11.3 Å². The summed E-state index contributed by atoms with van der Waals surface area (Å²) in [5, 5.41) is 7.28. The number of nitrogens with zero attached hydrogens (tertiary/aromatic N) is 2. The van der Waals surface area contributed by atoms with E-state index in [0.29, 0.717) is 24.8 Å². The molecule has 1 unspecified atom stereocenters. The Morgan fingerprint density at radius 1 is 1.50 bits per heavy atom. The van der Waals surface area contributed by atoms with Gasteiger partial charge in [0.2, 0.25) is 0 Å². The van der Waals surface area contributed by atoms with Gasteiger partial charge in [-0.2, -0.15) is 0 Å². The summed E-state index contributed by atoms with van der Waals surface area (Å²) in [6, 6.07) is 4.38. The highest BCUT2D eigenvalue weighted by Crippen LogP contribution is 2.34. The van der Waals surface area contributed by atoms with E-state index in [1.807, 2.05) is 7.05 Å². The van der Waals surface area contributed by atoms with E-state index in [0.717, 1.165) is 19.4 Å². The minimum atomic E-state index is -0.526. The van der Waals surface area contributed by atoms with Crippen LogP contribution in [-0.4, -0.2) is 42.6 Å². The lowest BCUT2D eigenvalue weighted by Crippen LogP contribution is -2.42. The van der Waals surface area contributed by atoms with Gasteiger partial charge in [0.05, 0.1) is 10.6 Å². The van der Waals surface area contributed by atoms with Crippen LogP contribution in [0.15, 0.2) is 22.7 Å². The summed E-state index contributed by atoms with van der Waals surface area (Å²) >= 11 is 6.15. The lowest BCUT2D eigenvalue weighted by atomic mass is 9.96. The summed E-state index contributed by atoms with van der Waals surface area (Å²) in [5.41, 5.74) is 0.562. The Morgan fingerprint density at radius 2 is 2.27 bits per heavy atom. The molecule has 0 bridgehead atoms. The molecule has 0 saturated carbocycles. The molecule has 2 heterocycles. The van der Waals surface area contributed by atoms with E-state index < -0.39 is 5.82 Å². The molecule has 1 aromatic carbocycles. The van der Waals surface area contributed by atoms with Gasteiger partial charge >= 0.3 is 0 Å². The Hall–Kier alpha value is -1.63. The Balaban J connectivity index is 0.00000243. The second kappa shape index (κ2) is 8.84. The summed E-state index contributed by atoms with van der Waals surface area (Å²) < 4.78 is 19.5. The van der Waals surface area contributed by atoms with E-state index in [-0.39, 0.29) is 40.2 Å². The van der Waals surface area contributed by atoms with Crippen molar-refractivity contribution in [2.24, 2.45) is 5.92 Å². The molecule has 1 atom stereocenters. The van der Waals surface area contributed by atoms with Crippen LogP contribution in [0.1, 0.15) is 29.0 Å². The quantitative estimate of drug-likeness (QED) is 0.842. The van der Waals surface area contributed by atoms with Crippen molar-refractivity contribution < 1.29 is 13.7 Å². The van der Waals surface area contributed by atoms with Crippen LogP contribution in [0.5, 0.6) is 0 Å². The molecule has 1 amide bonds. The smallest absolute Gasteiger partial charge is 0.259 e. The summed E-state index contributed by atoms with van der Waals surface area (Å²) in [4.78, 5) is 14.9. The summed E-state index contributed by atoms with van der Waals surface area (Å²) in [6.45, 7) is 3.86. The molecule has 0 aliphatic carbocycles. The number of carbonyl (C=O) groups is 1. The van der Waals surface area contributed by atoms with Gasteiger partial charge in [0.15, 0.2) is 0 Å². The first kappa shape index (κ1) is 20.7. The van der Waals surface area contributed by atoms with Crippen LogP contribution in [0.25, 0.3) is 11.3 Å². The number of rotatable bonds is 4. The van der Waals surface area contributed by atoms with Gasteiger partial charge in [0.1, 0.15) is 22.8 Å². The third-order valence-corrected chi connectivity index (χ3v) is 4.89. The number of nitrogens with one attached hydrogen (secondary N) is 1. The van der Waals surface area contributed by atoms with Crippen molar-refractivity contribution in [1.29, 1.82) is 0 Å². The number of benzene rings is 1. The van der Waals surface area contributed by atoms with Crippen LogP contribution < -0.4 is 5.32 Å². The Morgan fingerprint density at radius 3 is 2.96 bits per heavy atom. The first-order valence-electron chi connectivity index (χ1n) is 8.37. The molecule has 1 aliphatic rings. The molecular weight excluding hydrogens is 380 g/mol. The van der Waals surface area contributed by atoms with Gasteiger partial charge in [-0.1, -0.05) is 22.8 Å². The zero-order valence-corrected chi connectivity index (χ0v) is 16.3. The molecule has 142 valence electrons. The zero-order chi connectivity index (χ0) is 18.0. The van der Waals surface area contributed by atoms with Crippen LogP contribution in [0, 0.1) is 18.7 Å². The molecule has 1 aliphatic heterocycles. The lowest BCUT2D eigenvalue weighted by molar-refractivity contribution is 0.0673. The average Bonchev–Trinajstić information content (AvgIpc) is 2.96. The maximum atomic E-state index is 14.3. The number of piperidine rings is 1. The Labute approximate surface area is 163 Å². The van der Waals surface area contributed by atoms with E-state index in [1.54, 1.807) is 17.9 Å². The summed E-state index contributed by atoms with van der Waals surface area (Å²) in [7, 11) is 1.91. The molecule has 26 heavy (non-hydrogen) atoms. The van der Waals surface area contributed by atoms with E-state index >= 15 is 0 Å². The summed E-state index contributed by atoms with van der Waals surface area (Å²) in [5.74, 6) is 0.0638. The van der Waals surface area contributed by atoms with Gasteiger partial charge in [-0.05, 0) is 51.4 Å². The van der Waals surface area contributed by atoms with Gasteiger partial charge in [-0.15, -0.1) is 12.4 Å². The molecular formula is C18H22Cl2FN3O2. The topological polar surface area (TPSA) is 58.4 Å². The van der Waals surface area contributed by atoms with Crippen molar-refractivity contribution in [2.45, 2.75) is 19.8 Å². The van der Waals surface area contributed by atoms with E-state index in [4.69, 9.17) is 16.1 Å². The number of hydrogen-bond acceptors (Lipinski definition) is 4. The van der Waals surface area contributed by atoms with Crippen LogP contribution in [0.2, 0.25) is 5.02 Å². The largest absolute Gasteiger partial charge is 0.360 e. The third kappa shape index (κ3) is 4.03. The minimum Gasteiger partial charge on any atom is -0.360 e. The lowest BCUT2D eigenvalue weighted by Gasteiger charge is -2.32. The van der Waals surface area contributed by atoms with Crippen molar-refractivity contribution in [3.05, 3.63) is 40.4 Å². The SMILES string of the molecule is CNCC1CCCN(C(=O)c2c(-c3c(F)cccc3Cl)noc2C)C1.Cl. The fraction of sp³-hybridized carbons (Fsp3) is 0.444. The monoisotopic (exact) mass is 401 g/mol. The molecule has 0 spiro atoms. The second-order valence-corrected chi connectivity index (χ2v) is 6.78. The highest BCUT2D eigenvalue weighted by Gasteiger charge is 2.31. The van der Waals surface area contributed by atoms with E-state index in [2.05, 4.69) is 10.5 Å². The predicted molar refractivity (Wildman–Crippen MR) is 101 cm³/mol. The normalized spacial score (nSPS) is 17.1. The van der Waals surface area contributed by atoms with Gasteiger partial charge in [0.25, 0.3) is 5.91 Å². The molecule has 0 radical (unpaired) electrons. The number of aromatic nitrogens is 1. The molecule has 5 nitrogen and oxygen atoms in total. The summed E-state index contributed by atoms with van der Waals surface area (Å²) in [6.07, 6.45) is 2.03. The predicted octanol–water partition coefficient (Wildman–Crippen LogP) is 3.94. The van der Waals surface area contributed by atoms with E-state index in [1.165, 1.54) is 12.1 Å². The first-order valence-corrected chi connectivity index (χ1v) is 8.75. The number of likely N-dealkylation sites (tertiary alicyclic amines) is 1. The third-order valence-electron chi connectivity index (χ3n) is 4.58. The maximum absolute atomic E-state index is 14.3. The van der Waals surface area contributed by atoms with Gasteiger partial charge in [-0.3, -0.25) is 4.79 Å². The van der Waals surface area contributed by atoms with Crippen molar-refractivity contribution in [3.63, 3.8) is 0 Å². The Kier molecular flexibility index (Phi) is 7.03. The molecule has 1 saturated heterocycles. The molecule has 1 aromatic heterocycles. The number of amides is 1. The van der Waals surface area contributed by atoms with E-state index in [9.17, 15) is 9.18 Å². The van der Waals surface area contributed by atoms with Crippen molar-refractivity contribution in [2.75, 3.05) is 26.7 Å². The van der Waals surface area contributed by atoms with Gasteiger partial charge in [0, 0.05) is 13.1 Å². The highest BCUT2D eigenvalue weighted by molar-refractivity contribution is 6.33. The fourth-order valence-corrected chi connectivity index (χ4v) is 3.63. The molecule has 3 rings (SSSR count). The average molecular weight is 402 g/mol. The minimum absolute atomic E-state index is 0. The van der Waals surface area contributed by atoms with Crippen molar-refractivity contribution in [1.82, 2.24) is 15.4 Å². The molecule has 8 heteroatoms. The van der Waals surface area contributed by atoms with Crippen LogP contribution >= 0.6 is 24.0 Å². The van der Waals surface area contributed by atoms with Crippen LogP contribution in [0.4, 0.5) is 4.39 Å². The van der Waals surface area contributed by atoms with Gasteiger partial charge < -0.3 is 14.7 Å². The Bertz CT molecular complexity index is 760. The second-order valence-electron chi connectivity index (χ2n) is 6.38. The van der Waals surface area contributed by atoms with Crippen LogP contribution in [-0.2, 0) is 0 Å². The molecule has 1 fully saturated rings. The molecule has 1 N–H and O–H groups in total. The highest BCUT2D eigenvalue weighted by atomic mass is 35.5. The molecule has 2 aromatic rings. The number of carbonyl (C=O) groups excluding carboxylic acids is 1. The van der Waals surface area contributed by atoms with Crippen LogP contribution in [0.3, 0.4) is 0 Å². The standard InChI is InChI=1S/C18H21ClFN3O2.ClH/c1-11-15(18(24)23-8-4-5-12(10-23)9-21-2)17(22-25-11)16-13(19)6-3-7-14(16)20;/h3,6-7,12,21H,4-5,8-10H2,1-2H3;1H. The van der Waals surface area contributed by atoms with Gasteiger partial charge in [-0.25, -0.2) is 4.39 Å². The van der Waals surface area contributed by atoms with Crippen molar-refractivity contribution >= 4 is 29.9 Å². The first-order chi connectivity index (χ1) is 12.0. The fourth-order valence-electron chi connectivity index (χ4n) is 3.38. The number of aryl methyl sites for hydroxylation is 1. The number of hydrogen-bond donors (Lipinski definition) is 1.